The molecule has 3 rings (SSSR count). The number of nitrogens with two attached hydrogens (primary N) is 1. The highest BCUT2D eigenvalue weighted by atomic mass is 16.2. The highest BCUT2D eigenvalue weighted by Gasteiger charge is 2.31. The number of nitrogens with one attached hydrogen (secondary N) is 1. The molecular weight excluding hydrogens is 338 g/mol. The summed E-state index contributed by atoms with van der Waals surface area (Å²) in [4.78, 5) is 27.7. The van der Waals surface area contributed by atoms with E-state index in [4.69, 9.17) is 5.73 Å². The highest BCUT2D eigenvalue weighted by Crippen LogP contribution is 2.23. The number of rotatable bonds is 5. The summed E-state index contributed by atoms with van der Waals surface area (Å²) in [5.74, 6) is 0.139. The van der Waals surface area contributed by atoms with Gasteiger partial charge in [-0.15, -0.1) is 0 Å². The number of benzene rings is 2. The van der Waals surface area contributed by atoms with Crippen LogP contribution in [0.1, 0.15) is 41.7 Å². The molecule has 2 atom stereocenters. The van der Waals surface area contributed by atoms with Gasteiger partial charge < -0.3 is 16.0 Å². The molecular formula is C22H27N3O2. The van der Waals surface area contributed by atoms with Crippen LogP contribution in [0.4, 0.5) is 0 Å². The lowest BCUT2D eigenvalue weighted by Gasteiger charge is -2.35. The van der Waals surface area contributed by atoms with Crippen molar-refractivity contribution in [3.63, 3.8) is 0 Å². The monoisotopic (exact) mass is 365 g/mol. The molecule has 2 aromatic carbocycles. The first-order chi connectivity index (χ1) is 13.1. The third-order valence-electron chi connectivity index (χ3n) is 5.29. The summed E-state index contributed by atoms with van der Waals surface area (Å²) in [6, 6.07) is 17.9. The number of carbonyl (C=O) groups excluding carboxylic acids is 2. The minimum Gasteiger partial charge on any atom is -0.341 e. The number of likely N-dealkylation sites (tertiary alicyclic amines) is 1. The van der Waals surface area contributed by atoms with Gasteiger partial charge in [-0.2, -0.15) is 0 Å². The predicted octanol–water partition coefficient (Wildman–Crippen LogP) is 2.74. The summed E-state index contributed by atoms with van der Waals surface area (Å²) in [5.41, 5.74) is 7.35. The van der Waals surface area contributed by atoms with Crippen LogP contribution >= 0.6 is 0 Å². The van der Waals surface area contributed by atoms with E-state index >= 15 is 0 Å². The number of hydrogen-bond acceptors (Lipinski definition) is 3. The molecule has 2 aromatic rings. The van der Waals surface area contributed by atoms with E-state index < -0.39 is 6.04 Å². The van der Waals surface area contributed by atoms with Crippen LogP contribution in [0.15, 0.2) is 60.7 Å². The van der Waals surface area contributed by atoms with Gasteiger partial charge in [0.2, 0.25) is 5.91 Å². The Bertz CT molecular complexity index is 754. The second-order valence-corrected chi connectivity index (χ2v) is 7.21. The summed E-state index contributed by atoms with van der Waals surface area (Å²) in [6.45, 7) is 3.38. The standard InChI is InChI=1S/C22H27N3O2/c1-16(23)17-12-14-25(15-13-17)22(27)20(18-8-4-2-5-9-18)24-21(26)19-10-6-3-7-11-19/h2-11,16-17,20H,12-15,23H2,1H3,(H,24,26). The van der Waals surface area contributed by atoms with Gasteiger partial charge in [0.15, 0.2) is 0 Å². The SMILES string of the molecule is CC(N)C1CCN(C(=O)C(NC(=O)c2ccccc2)c2ccccc2)CC1. The molecule has 1 fully saturated rings. The van der Waals surface area contributed by atoms with Crippen molar-refractivity contribution in [3.05, 3.63) is 71.8 Å². The Morgan fingerprint density at radius 2 is 1.56 bits per heavy atom. The van der Waals surface area contributed by atoms with Gasteiger partial charge in [-0.3, -0.25) is 9.59 Å². The van der Waals surface area contributed by atoms with E-state index in [1.165, 1.54) is 0 Å². The molecule has 0 spiro atoms. The van der Waals surface area contributed by atoms with E-state index in [1.54, 1.807) is 12.1 Å². The van der Waals surface area contributed by atoms with Crippen LogP contribution in [0.2, 0.25) is 0 Å². The zero-order valence-corrected chi connectivity index (χ0v) is 15.7. The molecule has 27 heavy (non-hydrogen) atoms. The van der Waals surface area contributed by atoms with E-state index in [0.29, 0.717) is 24.6 Å². The lowest BCUT2D eigenvalue weighted by Crippen LogP contribution is -2.47. The van der Waals surface area contributed by atoms with E-state index in [1.807, 2.05) is 60.4 Å². The van der Waals surface area contributed by atoms with Gasteiger partial charge in [-0.25, -0.2) is 0 Å². The average Bonchev–Trinajstić information content (AvgIpc) is 2.72. The molecule has 0 bridgehead atoms. The molecule has 2 unspecified atom stereocenters. The van der Waals surface area contributed by atoms with Gasteiger partial charge in [0.1, 0.15) is 6.04 Å². The Morgan fingerprint density at radius 1 is 1.00 bits per heavy atom. The summed E-state index contributed by atoms with van der Waals surface area (Å²) in [6.07, 6.45) is 1.80. The fraction of sp³-hybridized carbons (Fsp3) is 0.364. The predicted molar refractivity (Wildman–Crippen MR) is 106 cm³/mol. The third kappa shape index (κ3) is 4.74. The van der Waals surface area contributed by atoms with Crippen LogP contribution in [0.25, 0.3) is 0 Å². The van der Waals surface area contributed by atoms with Gasteiger partial charge >= 0.3 is 0 Å². The summed E-state index contributed by atoms with van der Waals surface area (Å²) < 4.78 is 0. The summed E-state index contributed by atoms with van der Waals surface area (Å²) in [5, 5.41) is 2.93. The number of hydrogen-bond donors (Lipinski definition) is 2. The summed E-state index contributed by atoms with van der Waals surface area (Å²) >= 11 is 0. The van der Waals surface area contributed by atoms with E-state index in [9.17, 15) is 9.59 Å². The first-order valence-corrected chi connectivity index (χ1v) is 9.51. The van der Waals surface area contributed by atoms with Crippen molar-refractivity contribution >= 4 is 11.8 Å². The van der Waals surface area contributed by atoms with Crippen LogP contribution in [0, 0.1) is 5.92 Å². The molecule has 1 aliphatic rings. The minimum absolute atomic E-state index is 0.0615. The van der Waals surface area contributed by atoms with Crippen molar-refractivity contribution < 1.29 is 9.59 Å². The van der Waals surface area contributed by atoms with Gasteiger partial charge in [0.25, 0.3) is 5.91 Å². The smallest absolute Gasteiger partial charge is 0.252 e. The minimum atomic E-state index is -0.689. The first-order valence-electron chi connectivity index (χ1n) is 9.51. The van der Waals surface area contributed by atoms with Gasteiger partial charge in [-0.05, 0) is 43.4 Å². The largest absolute Gasteiger partial charge is 0.341 e. The van der Waals surface area contributed by atoms with Crippen molar-refractivity contribution in [1.29, 1.82) is 0 Å². The number of carbonyl (C=O) groups is 2. The van der Waals surface area contributed by atoms with Crippen LogP contribution in [0.3, 0.4) is 0 Å². The zero-order chi connectivity index (χ0) is 19.2. The average molecular weight is 365 g/mol. The maximum atomic E-state index is 13.2. The highest BCUT2D eigenvalue weighted by molar-refractivity contribution is 5.97. The quantitative estimate of drug-likeness (QED) is 0.855. The molecule has 5 heteroatoms. The van der Waals surface area contributed by atoms with E-state index in [0.717, 1.165) is 18.4 Å². The Labute approximate surface area is 160 Å². The lowest BCUT2D eigenvalue weighted by atomic mass is 9.90. The number of piperidine rings is 1. The van der Waals surface area contributed by atoms with Crippen molar-refractivity contribution in [2.75, 3.05) is 13.1 Å². The molecule has 2 amide bonds. The summed E-state index contributed by atoms with van der Waals surface area (Å²) in [7, 11) is 0. The molecule has 142 valence electrons. The van der Waals surface area contributed by atoms with Crippen molar-refractivity contribution in [3.8, 4) is 0 Å². The van der Waals surface area contributed by atoms with E-state index in [-0.39, 0.29) is 17.9 Å². The normalized spacial score (nSPS) is 17.2. The molecule has 0 aliphatic carbocycles. The van der Waals surface area contributed by atoms with Gasteiger partial charge in [0, 0.05) is 24.7 Å². The molecule has 0 saturated carbocycles. The third-order valence-corrected chi connectivity index (χ3v) is 5.29. The van der Waals surface area contributed by atoms with Crippen LogP contribution in [0.5, 0.6) is 0 Å². The second-order valence-electron chi connectivity index (χ2n) is 7.21. The van der Waals surface area contributed by atoms with Crippen LogP contribution in [-0.2, 0) is 4.79 Å². The Kier molecular flexibility index (Phi) is 6.24. The maximum absolute atomic E-state index is 13.2. The maximum Gasteiger partial charge on any atom is 0.252 e. The second kappa shape index (κ2) is 8.82. The molecule has 3 N–H and O–H groups in total. The van der Waals surface area contributed by atoms with Crippen LogP contribution < -0.4 is 11.1 Å². The molecule has 0 radical (unpaired) electrons. The van der Waals surface area contributed by atoms with Crippen molar-refractivity contribution in [2.24, 2.45) is 11.7 Å². The lowest BCUT2D eigenvalue weighted by molar-refractivity contribution is -0.134. The fourth-order valence-electron chi connectivity index (χ4n) is 3.57. The Morgan fingerprint density at radius 3 is 2.11 bits per heavy atom. The molecule has 1 aliphatic heterocycles. The topological polar surface area (TPSA) is 75.4 Å². The number of amides is 2. The Balaban J connectivity index is 1.76. The molecule has 1 heterocycles. The molecule has 1 saturated heterocycles. The van der Waals surface area contributed by atoms with Gasteiger partial charge in [0.05, 0.1) is 0 Å². The van der Waals surface area contributed by atoms with Gasteiger partial charge in [-0.1, -0.05) is 48.5 Å². The van der Waals surface area contributed by atoms with E-state index in [2.05, 4.69) is 5.32 Å². The fourth-order valence-corrected chi connectivity index (χ4v) is 3.57. The molecule has 0 aromatic heterocycles. The zero-order valence-electron chi connectivity index (χ0n) is 15.7. The number of nitrogens with zero attached hydrogens (tertiary/aromatic N) is 1. The van der Waals surface area contributed by atoms with Crippen LogP contribution in [-0.4, -0.2) is 35.8 Å². The van der Waals surface area contributed by atoms with Crippen molar-refractivity contribution in [1.82, 2.24) is 10.2 Å². The molecule has 5 nitrogen and oxygen atoms in total. The first kappa shape index (κ1) is 19.1. The van der Waals surface area contributed by atoms with Crippen molar-refractivity contribution in [2.45, 2.75) is 31.8 Å². The Hall–Kier alpha value is -2.66.